The Labute approximate surface area is 118 Å². The van der Waals surface area contributed by atoms with Gasteiger partial charge in [-0.1, -0.05) is 6.92 Å². The topological polar surface area (TPSA) is 35.5 Å². The zero-order valence-corrected chi connectivity index (χ0v) is 12.0. The number of nitrogens with zero attached hydrogens (tertiary/aromatic N) is 1. The number of rotatable bonds is 6. The van der Waals surface area contributed by atoms with Gasteiger partial charge < -0.3 is 10.4 Å². The fourth-order valence-corrected chi connectivity index (χ4v) is 3.35. The molecule has 0 aromatic carbocycles. The number of aliphatic hydroxyl groups excluding tert-OH is 1. The van der Waals surface area contributed by atoms with Crippen LogP contribution in [-0.4, -0.2) is 53.5 Å². The summed E-state index contributed by atoms with van der Waals surface area (Å²) in [5, 5.41) is 13.2. The number of halogens is 3. The van der Waals surface area contributed by atoms with Crippen molar-refractivity contribution in [3.63, 3.8) is 0 Å². The fourth-order valence-electron chi connectivity index (χ4n) is 3.35. The predicted octanol–water partition coefficient (Wildman–Crippen LogP) is 2.30. The van der Waals surface area contributed by atoms with Crippen LogP contribution in [0.3, 0.4) is 0 Å². The van der Waals surface area contributed by atoms with Crippen molar-refractivity contribution in [1.82, 2.24) is 10.2 Å². The Morgan fingerprint density at radius 1 is 1.30 bits per heavy atom. The highest BCUT2D eigenvalue weighted by Crippen LogP contribution is 2.35. The minimum Gasteiger partial charge on any atom is -0.394 e. The van der Waals surface area contributed by atoms with Crippen LogP contribution in [0.25, 0.3) is 0 Å². The van der Waals surface area contributed by atoms with Crippen LogP contribution in [0, 0.1) is 0 Å². The number of hydrogen-bond acceptors (Lipinski definition) is 3. The largest absolute Gasteiger partial charge is 0.401 e. The molecule has 0 aliphatic heterocycles. The van der Waals surface area contributed by atoms with Gasteiger partial charge in [0.15, 0.2) is 0 Å². The van der Waals surface area contributed by atoms with Gasteiger partial charge in [0.2, 0.25) is 0 Å². The van der Waals surface area contributed by atoms with Crippen LogP contribution in [0.2, 0.25) is 0 Å². The maximum absolute atomic E-state index is 12.6. The molecule has 2 aliphatic carbocycles. The van der Waals surface area contributed by atoms with Gasteiger partial charge in [-0.15, -0.1) is 0 Å². The lowest BCUT2D eigenvalue weighted by atomic mass is 9.78. The molecule has 3 nitrogen and oxygen atoms in total. The van der Waals surface area contributed by atoms with Gasteiger partial charge in [-0.3, -0.25) is 4.90 Å². The monoisotopic (exact) mass is 294 g/mol. The van der Waals surface area contributed by atoms with E-state index in [2.05, 4.69) is 5.32 Å². The van der Waals surface area contributed by atoms with Gasteiger partial charge in [0, 0.05) is 17.6 Å². The van der Waals surface area contributed by atoms with E-state index in [4.69, 9.17) is 0 Å². The molecule has 0 radical (unpaired) electrons. The van der Waals surface area contributed by atoms with Crippen LogP contribution in [0.4, 0.5) is 13.2 Å². The van der Waals surface area contributed by atoms with Gasteiger partial charge in [0.25, 0.3) is 0 Å². The van der Waals surface area contributed by atoms with E-state index < -0.39 is 12.7 Å². The third-order valence-electron chi connectivity index (χ3n) is 4.51. The van der Waals surface area contributed by atoms with E-state index in [1.165, 1.54) is 4.90 Å². The van der Waals surface area contributed by atoms with Crippen molar-refractivity contribution < 1.29 is 18.3 Å². The Hall–Kier alpha value is -0.330. The Balaban J connectivity index is 1.99. The molecule has 0 aromatic rings. The highest BCUT2D eigenvalue weighted by Gasteiger charge is 2.42. The molecule has 2 atom stereocenters. The minimum absolute atomic E-state index is 0.0174. The minimum atomic E-state index is -4.15. The number of hydrogen-bond donors (Lipinski definition) is 2. The summed E-state index contributed by atoms with van der Waals surface area (Å²) in [5.41, 5.74) is -0.372. The molecule has 2 rings (SSSR count). The summed E-state index contributed by atoms with van der Waals surface area (Å²) in [7, 11) is 0. The number of nitrogens with one attached hydrogen (secondary N) is 1. The summed E-state index contributed by atoms with van der Waals surface area (Å²) in [4.78, 5) is 1.51. The third kappa shape index (κ3) is 4.33. The Morgan fingerprint density at radius 2 is 2.00 bits per heavy atom. The van der Waals surface area contributed by atoms with Gasteiger partial charge in [0.1, 0.15) is 0 Å². The second-order valence-electron chi connectivity index (χ2n) is 6.29. The van der Waals surface area contributed by atoms with Crippen molar-refractivity contribution in [1.29, 1.82) is 0 Å². The summed E-state index contributed by atoms with van der Waals surface area (Å²) in [6.45, 7) is 1.34. The maximum atomic E-state index is 12.6. The molecule has 0 amide bonds. The van der Waals surface area contributed by atoms with Crippen LogP contribution < -0.4 is 5.32 Å². The first-order chi connectivity index (χ1) is 9.37. The molecule has 0 saturated heterocycles. The lowest BCUT2D eigenvalue weighted by molar-refractivity contribution is -0.153. The number of aliphatic hydroxyl groups is 1. The molecule has 0 heterocycles. The molecule has 2 aliphatic rings. The average molecular weight is 294 g/mol. The molecule has 0 aromatic heterocycles. The SMILES string of the molecule is CCN(CC(F)(F)F)C1CCCC(CO)(NC2CC2)C1. The highest BCUT2D eigenvalue weighted by molar-refractivity contribution is 5.00. The quantitative estimate of drug-likeness (QED) is 0.789. The summed E-state index contributed by atoms with van der Waals surface area (Å²) >= 11 is 0. The molecule has 2 unspecified atom stereocenters. The molecule has 2 saturated carbocycles. The Morgan fingerprint density at radius 3 is 2.50 bits per heavy atom. The van der Waals surface area contributed by atoms with Crippen LogP contribution in [-0.2, 0) is 0 Å². The highest BCUT2D eigenvalue weighted by atomic mass is 19.4. The van der Waals surface area contributed by atoms with Gasteiger partial charge in [-0.05, 0) is 45.1 Å². The van der Waals surface area contributed by atoms with Crippen molar-refractivity contribution in [3.8, 4) is 0 Å². The van der Waals surface area contributed by atoms with E-state index in [1.54, 1.807) is 6.92 Å². The lowest BCUT2D eigenvalue weighted by Crippen LogP contribution is -2.57. The van der Waals surface area contributed by atoms with E-state index in [0.29, 0.717) is 19.0 Å². The molecule has 0 spiro atoms. The zero-order chi connectivity index (χ0) is 14.8. The van der Waals surface area contributed by atoms with E-state index in [0.717, 1.165) is 32.1 Å². The van der Waals surface area contributed by atoms with Crippen molar-refractivity contribution >= 4 is 0 Å². The molecule has 0 bridgehead atoms. The van der Waals surface area contributed by atoms with Crippen molar-refractivity contribution in [2.75, 3.05) is 19.7 Å². The van der Waals surface area contributed by atoms with Crippen molar-refractivity contribution in [3.05, 3.63) is 0 Å². The second-order valence-corrected chi connectivity index (χ2v) is 6.29. The molecule has 2 fully saturated rings. The second kappa shape index (κ2) is 6.20. The first-order valence-electron chi connectivity index (χ1n) is 7.57. The van der Waals surface area contributed by atoms with E-state index in [-0.39, 0.29) is 18.2 Å². The first-order valence-corrected chi connectivity index (χ1v) is 7.57. The summed E-state index contributed by atoms with van der Waals surface area (Å²) < 4.78 is 37.9. The fraction of sp³-hybridized carbons (Fsp3) is 1.00. The smallest absolute Gasteiger partial charge is 0.394 e. The normalized spacial score (nSPS) is 31.8. The molecule has 6 heteroatoms. The van der Waals surface area contributed by atoms with Gasteiger partial charge in [0.05, 0.1) is 13.2 Å². The zero-order valence-electron chi connectivity index (χ0n) is 12.0. The maximum Gasteiger partial charge on any atom is 0.401 e. The summed E-state index contributed by atoms with van der Waals surface area (Å²) in [6.07, 6.45) is 1.22. The van der Waals surface area contributed by atoms with Crippen LogP contribution >= 0.6 is 0 Å². The molecular weight excluding hydrogens is 269 g/mol. The first kappa shape index (κ1) is 16.0. The van der Waals surface area contributed by atoms with E-state index in [9.17, 15) is 18.3 Å². The molecule has 2 N–H and O–H groups in total. The van der Waals surface area contributed by atoms with Crippen molar-refractivity contribution in [2.45, 2.75) is 69.2 Å². The van der Waals surface area contributed by atoms with Crippen LogP contribution in [0.15, 0.2) is 0 Å². The molecule has 118 valence electrons. The van der Waals surface area contributed by atoms with Crippen molar-refractivity contribution in [2.24, 2.45) is 0 Å². The summed E-state index contributed by atoms with van der Waals surface area (Å²) in [5.74, 6) is 0. The number of alkyl halides is 3. The van der Waals surface area contributed by atoms with Gasteiger partial charge >= 0.3 is 6.18 Å². The average Bonchev–Trinajstić information content (AvgIpc) is 3.19. The van der Waals surface area contributed by atoms with E-state index in [1.807, 2.05) is 0 Å². The third-order valence-corrected chi connectivity index (χ3v) is 4.51. The van der Waals surface area contributed by atoms with Crippen LogP contribution in [0.5, 0.6) is 0 Å². The lowest BCUT2D eigenvalue weighted by Gasteiger charge is -2.44. The predicted molar refractivity (Wildman–Crippen MR) is 71.5 cm³/mol. The van der Waals surface area contributed by atoms with Gasteiger partial charge in [-0.2, -0.15) is 13.2 Å². The Bertz CT molecular complexity index is 320. The molecule has 20 heavy (non-hydrogen) atoms. The summed E-state index contributed by atoms with van der Waals surface area (Å²) in [6, 6.07) is 0.368. The molecular formula is C14H25F3N2O. The Kier molecular flexibility index (Phi) is 4.97. The standard InChI is InChI=1S/C14H25F3N2O/c1-2-19(9-14(15,16)17)12-4-3-7-13(8-12,10-20)18-11-5-6-11/h11-12,18,20H,2-10H2,1H3. The van der Waals surface area contributed by atoms with Crippen LogP contribution in [0.1, 0.15) is 45.4 Å². The van der Waals surface area contributed by atoms with E-state index >= 15 is 0 Å². The van der Waals surface area contributed by atoms with Gasteiger partial charge in [-0.25, -0.2) is 0 Å².